The lowest BCUT2D eigenvalue weighted by molar-refractivity contribution is 0.0956. The van der Waals surface area contributed by atoms with Crippen molar-refractivity contribution >= 4 is 17.7 Å². The quantitative estimate of drug-likeness (QED) is 0.569. The summed E-state index contributed by atoms with van der Waals surface area (Å²) in [5, 5.41) is 12.2. The van der Waals surface area contributed by atoms with E-state index in [4.69, 9.17) is 0 Å². The lowest BCUT2D eigenvalue weighted by atomic mass is 10.1. The van der Waals surface area contributed by atoms with Gasteiger partial charge < -0.3 is 9.88 Å². The number of hydrogen-bond donors (Lipinski definition) is 1. The van der Waals surface area contributed by atoms with Crippen LogP contribution >= 0.6 is 11.8 Å². The molecule has 1 saturated heterocycles. The molecule has 6 nitrogen and oxygen atoms in total. The molecule has 2 heterocycles. The first-order chi connectivity index (χ1) is 12.7. The van der Waals surface area contributed by atoms with E-state index in [2.05, 4.69) is 44.0 Å². The molecule has 140 valence electrons. The van der Waals surface area contributed by atoms with E-state index in [1.165, 1.54) is 31.5 Å². The van der Waals surface area contributed by atoms with Gasteiger partial charge in [0.2, 0.25) is 0 Å². The van der Waals surface area contributed by atoms with Crippen molar-refractivity contribution in [1.82, 2.24) is 25.0 Å². The van der Waals surface area contributed by atoms with Gasteiger partial charge in [-0.1, -0.05) is 23.9 Å². The highest BCUT2D eigenvalue weighted by Gasteiger charge is 2.12. The van der Waals surface area contributed by atoms with Crippen molar-refractivity contribution in [2.75, 3.05) is 25.4 Å². The zero-order valence-corrected chi connectivity index (χ0v) is 16.4. The van der Waals surface area contributed by atoms with Crippen LogP contribution in [0.5, 0.6) is 0 Å². The zero-order chi connectivity index (χ0) is 18.4. The first kappa shape index (κ1) is 18.9. The van der Waals surface area contributed by atoms with Gasteiger partial charge in [-0.05, 0) is 57.5 Å². The topological polar surface area (TPSA) is 63.1 Å². The van der Waals surface area contributed by atoms with Crippen LogP contribution in [0.2, 0.25) is 0 Å². The second-order valence-corrected chi connectivity index (χ2v) is 7.62. The van der Waals surface area contributed by atoms with Crippen LogP contribution in [0.15, 0.2) is 29.4 Å². The lowest BCUT2D eigenvalue weighted by Gasteiger charge is -2.14. The van der Waals surface area contributed by atoms with Crippen LogP contribution in [0.3, 0.4) is 0 Å². The van der Waals surface area contributed by atoms with Gasteiger partial charge in [0.25, 0.3) is 5.91 Å². The van der Waals surface area contributed by atoms with Gasteiger partial charge in [0, 0.05) is 31.0 Å². The Morgan fingerprint density at radius 1 is 1.19 bits per heavy atom. The lowest BCUT2D eigenvalue weighted by Crippen LogP contribution is -2.26. The number of benzene rings is 1. The van der Waals surface area contributed by atoms with Crippen LogP contribution in [-0.2, 0) is 13.1 Å². The number of rotatable bonds is 8. The van der Waals surface area contributed by atoms with Gasteiger partial charge in [-0.2, -0.15) is 0 Å². The number of amides is 1. The summed E-state index contributed by atoms with van der Waals surface area (Å²) < 4.78 is 2.07. The van der Waals surface area contributed by atoms with Gasteiger partial charge in [-0.25, -0.2) is 0 Å². The summed E-state index contributed by atoms with van der Waals surface area (Å²) in [6, 6.07) is 7.97. The Morgan fingerprint density at radius 2 is 1.92 bits per heavy atom. The van der Waals surface area contributed by atoms with E-state index in [0.717, 1.165) is 29.8 Å². The molecule has 1 amide bonds. The van der Waals surface area contributed by atoms with E-state index in [-0.39, 0.29) is 5.91 Å². The van der Waals surface area contributed by atoms with Crippen LogP contribution in [0, 0.1) is 6.92 Å². The molecular formula is C19H27N5OS. The maximum Gasteiger partial charge on any atom is 0.251 e. The third-order valence-corrected chi connectivity index (χ3v) is 5.63. The number of aromatic nitrogens is 3. The molecule has 1 fully saturated rings. The Morgan fingerprint density at radius 3 is 2.62 bits per heavy atom. The second kappa shape index (κ2) is 9.19. The molecule has 1 aliphatic heterocycles. The van der Waals surface area contributed by atoms with Gasteiger partial charge in [-0.15, -0.1) is 10.2 Å². The van der Waals surface area contributed by atoms with E-state index in [0.29, 0.717) is 12.1 Å². The fourth-order valence-corrected chi connectivity index (χ4v) is 4.10. The summed E-state index contributed by atoms with van der Waals surface area (Å²) in [6.07, 6.45) is 2.60. The maximum absolute atomic E-state index is 12.3. The first-order valence-corrected chi connectivity index (χ1v) is 10.3. The summed E-state index contributed by atoms with van der Waals surface area (Å²) in [5.41, 5.74) is 1.99. The minimum atomic E-state index is -0.0218. The minimum absolute atomic E-state index is 0.0218. The minimum Gasteiger partial charge on any atom is -0.351 e. The van der Waals surface area contributed by atoms with Crippen LogP contribution in [0.25, 0.3) is 0 Å². The average Bonchev–Trinajstić information content (AvgIpc) is 3.28. The SMILES string of the molecule is CCn1c(C)nnc1SCCNC(=O)c1ccc(CN2CCCC2)cc1. The molecule has 0 spiro atoms. The molecule has 1 aromatic carbocycles. The summed E-state index contributed by atoms with van der Waals surface area (Å²) in [4.78, 5) is 14.7. The van der Waals surface area contributed by atoms with Crippen LogP contribution in [0.4, 0.5) is 0 Å². The second-order valence-electron chi connectivity index (χ2n) is 6.56. The number of likely N-dealkylation sites (tertiary alicyclic amines) is 1. The maximum atomic E-state index is 12.3. The van der Waals surface area contributed by atoms with E-state index in [9.17, 15) is 4.79 Å². The molecule has 2 aromatic rings. The zero-order valence-electron chi connectivity index (χ0n) is 15.6. The standard InChI is InChI=1S/C19H27N5OS/c1-3-24-15(2)21-22-19(24)26-13-10-20-18(25)17-8-6-16(7-9-17)14-23-11-4-5-12-23/h6-9H,3-5,10-14H2,1-2H3,(H,20,25). The highest BCUT2D eigenvalue weighted by Crippen LogP contribution is 2.16. The summed E-state index contributed by atoms with van der Waals surface area (Å²) in [5.74, 6) is 1.68. The number of hydrogen-bond acceptors (Lipinski definition) is 5. The summed E-state index contributed by atoms with van der Waals surface area (Å²) >= 11 is 1.62. The first-order valence-electron chi connectivity index (χ1n) is 9.29. The molecule has 0 bridgehead atoms. The average molecular weight is 374 g/mol. The molecule has 26 heavy (non-hydrogen) atoms. The Bertz CT molecular complexity index is 722. The molecule has 0 aliphatic carbocycles. The Labute approximate surface area is 159 Å². The molecule has 0 radical (unpaired) electrons. The monoisotopic (exact) mass is 373 g/mol. The van der Waals surface area contributed by atoms with Crippen molar-refractivity contribution < 1.29 is 4.79 Å². The molecule has 1 aromatic heterocycles. The number of thioether (sulfide) groups is 1. The van der Waals surface area contributed by atoms with Gasteiger partial charge in [0.1, 0.15) is 5.82 Å². The fraction of sp³-hybridized carbons (Fsp3) is 0.526. The van der Waals surface area contributed by atoms with Crippen LogP contribution in [0.1, 0.15) is 41.5 Å². The molecule has 1 aliphatic rings. The summed E-state index contributed by atoms with van der Waals surface area (Å²) in [6.45, 7) is 8.85. The van der Waals surface area contributed by atoms with Gasteiger partial charge in [0.05, 0.1) is 0 Å². The van der Waals surface area contributed by atoms with Crippen molar-refractivity contribution in [2.24, 2.45) is 0 Å². The van der Waals surface area contributed by atoms with Crippen molar-refractivity contribution in [1.29, 1.82) is 0 Å². The Hall–Kier alpha value is -1.86. The number of carbonyl (C=O) groups excluding carboxylic acids is 1. The largest absolute Gasteiger partial charge is 0.351 e. The molecule has 1 N–H and O–H groups in total. The summed E-state index contributed by atoms with van der Waals surface area (Å²) in [7, 11) is 0. The van der Waals surface area contributed by atoms with Crippen molar-refractivity contribution in [2.45, 2.75) is 44.9 Å². The Kier molecular flexibility index (Phi) is 6.68. The predicted octanol–water partition coefficient (Wildman–Crippen LogP) is 2.72. The van der Waals surface area contributed by atoms with Gasteiger partial charge >= 0.3 is 0 Å². The van der Waals surface area contributed by atoms with E-state index in [1.54, 1.807) is 11.8 Å². The fourth-order valence-electron chi connectivity index (χ4n) is 3.20. The molecule has 0 atom stereocenters. The molecular weight excluding hydrogens is 346 g/mol. The number of carbonyl (C=O) groups is 1. The number of aryl methyl sites for hydroxylation is 1. The molecule has 7 heteroatoms. The third-order valence-electron chi connectivity index (χ3n) is 4.66. The van der Waals surface area contributed by atoms with Crippen LogP contribution < -0.4 is 5.32 Å². The number of nitrogens with one attached hydrogen (secondary N) is 1. The highest BCUT2D eigenvalue weighted by atomic mass is 32.2. The van der Waals surface area contributed by atoms with Gasteiger partial charge in [0.15, 0.2) is 5.16 Å². The van der Waals surface area contributed by atoms with E-state index in [1.807, 2.05) is 19.1 Å². The predicted molar refractivity (Wildman–Crippen MR) is 104 cm³/mol. The van der Waals surface area contributed by atoms with E-state index < -0.39 is 0 Å². The van der Waals surface area contributed by atoms with E-state index >= 15 is 0 Å². The third kappa shape index (κ3) is 4.86. The smallest absolute Gasteiger partial charge is 0.251 e. The van der Waals surface area contributed by atoms with Crippen molar-refractivity contribution in [3.8, 4) is 0 Å². The van der Waals surface area contributed by atoms with Crippen molar-refractivity contribution in [3.63, 3.8) is 0 Å². The highest BCUT2D eigenvalue weighted by molar-refractivity contribution is 7.99. The molecule has 3 rings (SSSR count). The van der Waals surface area contributed by atoms with Crippen molar-refractivity contribution in [3.05, 3.63) is 41.2 Å². The number of nitrogens with zero attached hydrogens (tertiary/aromatic N) is 4. The molecule has 0 unspecified atom stereocenters. The Balaban J connectivity index is 1.42. The normalized spacial score (nSPS) is 14.7. The van der Waals surface area contributed by atoms with Crippen LogP contribution in [-0.4, -0.2) is 51.0 Å². The molecule has 0 saturated carbocycles. The van der Waals surface area contributed by atoms with Gasteiger partial charge in [-0.3, -0.25) is 9.69 Å².